The second kappa shape index (κ2) is 16.9. The van der Waals surface area contributed by atoms with Crippen LogP contribution in [-0.2, 0) is 33.1 Å². The second-order valence-corrected chi connectivity index (χ2v) is 14.3. The molecular weight excluding hydrogens is 577 g/mol. The highest BCUT2D eigenvalue weighted by molar-refractivity contribution is 7.87. The number of hydrogen-bond acceptors (Lipinski definition) is 7. The molecule has 41 heavy (non-hydrogen) atoms. The Morgan fingerprint density at radius 1 is 0.512 bits per heavy atom. The van der Waals surface area contributed by atoms with Crippen LogP contribution in [-0.4, -0.2) is 16.8 Å². The Kier molecular flexibility index (Phi) is 13.7. The third-order valence-corrected chi connectivity index (χ3v) is 10.3. The zero-order valence-corrected chi connectivity index (χ0v) is 26.8. The molecular formula is C32H44O6S3. The molecule has 0 saturated carbocycles. The molecule has 3 rings (SSSR count). The highest BCUT2D eigenvalue weighted by Crippen LogP contribution is 2.36. The van der Waals surface area contributed by atoms with Crippen LogP contribution in [0.15, 0.2) is 69.1 Å². The van der Waals surface area contributed by atoms with Crippen LogP contribution in [0.25, 0.3) is 0 Å². The summed E-state index contributed by atoms with van der Waals surface area (Å²) in [5.41, 5.74) is 2.14. The van der Waals surface area contributed by atoms with Crippen molar-refractivity contribution in [1.29, 1.82) is 0 Å². The van der Waals surface area contributed by atoms with E-state index in [0.717, 1.165) is 61.0 Å². The van der Waals surface area contributed by atoms with Crippen molar-refractivity contribution < 1.29 is 25.2 Å². The number of thiophene rings is 1. The van der Waals surface area contributed by atoms with Gasteiger partial charge in [-0.1, -0.05) is 102 Å². The molecule has 0 fully saturated rings. The molecule has 226 valence electrons. The summed E-state index contributed by atoms with van der Waals surface area (Å²) in [4.78, 5) is 0.00797. The van der Waals surface area contributed by atoms with Gasteiger partial charge in [-0.05, 0) is 61.1 Å². The number of rotatable bonds is 20. The largest absolute Gasteiger partial charge is 0.374 e. The molecule has 0 aliphatic rings. The van der Waals surface area contributed by atoms with Crippen LogP contribution in [0.1, 0.15) is 102 Å². The molecule has 0 atom stereocenters. The average molecular weight is 621 g/mol. The summed E-state index contributed by atoms with van der Waals surface area (Å²) < 4.78 is 62.3. The summed E-state index contributed by atoms with van der Waals surface area (Å²) in [6.07, 6.45) is 16.3. The van der Waals surface area contributed by atoms with Gasteiger partial charge in [0, 0.05) is 10.8 Å². The lowest BCUT2D eigenvalue weighted by Gasteiger charge is -2.10. The lowest BCUT2D eigenvalue weighted by Crippen LogP contribution is -2.13. The highest BCUT2D eigenvalue weighted by atomic mass is 32.2. The fourth-order valence-electron chi connectivity index (χ4n) is 4.59. The molecule has 0 saturated heterocycles. The fraction of sp³-hybridized carbons (Fsp3) is 0.500. The first-order valence-electron chi connectivity index (χ1n) is 14.9. The van der Waals surface area contributed by atoms with Crippen LogP contribution in [0.2, 0.25) is 0 Å². The van der Waals surface area contributed by atoms with Gasteiger partial charge < -0.3 is 8.37 Å². The zero-order valence-electron chi connectivity index (χ0n) is 24.3. The van der Waals surface area contributed by atoms with Gasteiger partial charge in [-0.2, -0.15) is 16.8 Å². The fourth-order valence-corrected chi connectivity index (χ4v) is 7.22. The lowest BCUT2D eigenvalue weighted by atomic mass is 10.0. The summed E-state index contributed by atoms with van der Waals surface area (Å²) >= 11 is 1.10. The maximum atomic E-state index is 12.9. The molecule has 9 heteroatoms. The first-order chi connectivity index (χ1) is 19.7. The molecule has 0 spiro atoms. The molecule has 0 aliphatic carbocycles. The van der Waals surface area contributed by atoms with Crippen molar-refractivity contribution >= 4 is 31.6 Å². The highest BCUT2D eigenvalue weighted by Gasteiger charge is 2.24. The maximum Gasteiger partial charge on any atom is 0.339 e. The van der Waals surface area contributed by atoms with Gasteiger partial charge in [0.2, 0.25) is 0 Å². The van der Waals surface area contributed by atoms with Gasteiger partial charge in [0.15, 0.2) is 11.5 Å². The van der Waals surface area contributed by atoms with Crippen molar-refractivity contribution in [2.24, 2.45) is 0 Å². The van der Waals surface area contributed by atoms with E-state index in [4.69, 9.17) is 8.37 Å². The molecule has 1 aromatic heterocycles. The normalized spacial score (nSPS) is 12.0. The van der Waals surface area contributed by atoms with Crippen LogP contribution in [0.5, 0.6) is 11.5 Å². The molecule has 3 aromatic rings. The number of hydrogen-bond donors (Lipinski definition) is 0. The van der Waals surface area contributed by atoms with E-state index >= 15 is 0 Å². The van der Waals surface area contributed by atoms with E-state index in [-0.39, 0.29) is 21.3 Å². The standard InChI is InChI=1S/C32H44O6S3/c1-3-5-7-9-10-11-12-14-16-28-19-23-30(24-20-28)41(35,36)38-32-26-39-25-31(32)37-40(33,34)29-21-17-27(18-22-29)15-13-8-6-4-2/h17-26H,3-16H2,1-2H3. The van der Waals surface area contributed by atoms with Crippen LogP contribution < -0.4 is 8.37 Å². The van der Waals surface area contributed by atoms with Gasteiger partial charge in [-0.3, -0.25) is 0 Å². The molecule has 0 aliphatic heterocycles. The van der Waals surface area contributed by atoms with Crippen LogP contribution in [0.4, 0.5) is 0 Å². The van der Waals surface area contributed by atoms with Crippen LogP contribution >= 0.6 is 11.3 Å². The molecule has 0 N–H and O–H groups in total. The van der Waals surface area contributed by atoms with E-state index in [2.05, 4.69) is 13.8 Å². The molecule has 0 bridgehead atoms. The minimum absolute atomic E-state index is 0.00176. The monoisotopic (exact) mass is 620 g/mol. The number of aryl methyl sites for hydroxylation is 2. The SMILES string of the molecule is CCCCCCCCCCc1ccc(S(=O)(=O)Oc2cscc2OS(=O)(=O)c2ccc(CCCCCC)cc2)cc1. The third kappa shape index (κ3) is 11.1. The van der Waals surface area contributed by atoms with E-state index in [9.17, 15) is 16.8 Å². The molecule has 0 amide bonds. The second-order valence-electron chi connectivity index (χ2n) is 10.5. The summed E-state index contributed by atoms with van der Waals surface area (Å²) in [7, 11) is -8.33. The minimum atomic E-state index is -4.17. The lowest BCUT2D eigenvalue weighted by molar-refractivity contribution is 0.451. The Hall–Kier alpha value is -2.36. The number of unbranched alkanes of at least 4 members (excludes halogenated alkanes) is 10. The van der Waals surface area contributed by atoms with Gasteiger partial charge >= 0.3 is 20.2 Å². The molecule has 0 unspecified atom stereocenters. The van der Waals surface area contributed by atoms with Crippen molar-refractivity contribution in [1.82, 2.24) is 0 Å². The first kappa shape index (κ1) is 33.1. The van der Waals surface area contributed by atoms with Crippen molar-refractivity contribution in [2.45, 2.75) is 114 Å². The van der Waals surface area contributed by atoms with Gasteiger partial charge in [0.1, 0.15) is 9.79 Å². The van der Waals surface area contributed by atoms with E-state index in [1.807, 2.05) is 0 Å². The van der Waals surface area contributed by atoms with Gasteiger partial charge in [-0.15, -0.1) is 11.3 Å². The van der Waals surface area contributed by atoms with E-state index < -0.39 is 20.2 Å². The van der Waals surface area contributed by atoms with Gasteiger partial charge in [0.25, 0.3) is 0 Å². The minimum Gasteiger partial charge on any atom is -0.374 e. The van der Waals surface area contributed by atoms with Crippen molar-refractivity contribution in [2.75, 3.05) is 0 Å². The van der Waals surface area contributed by atoms with Crippen LogP contribution in [0, 0.1) is 0 Å². The Bertz CT molecular complexity index is 1380. The Labute approximate surface area is 251 Å². The summed E-state index contributed by atoms with van der Waals surface area (Å²) in [6, 6.07) is 13.3. The zero-order chi connectivity index (χ0) is 29.6. The smallest absolute Gasteiger partial charge is 0.339 e. The van der Waals surface area contributed by atoms with Gasteiger partial charge in [0.05, 0.1) is 0 Å². The van der Waals surface area contributed by atoms with Gasteiger partial charge in [-0.25, -0.2) is 0 Å². The van der Waals surface area contributed by atoms with Crippen LogP contribution in [0.3, 0.4) is 0 Å². The van der Waals surface area contributed by atoms with E-state index in [1.165, 1.54) is 86.4 Å². The molecule has 2 aromatic carbocycles. The Balaban J connectivity index is 1.54. The molecule has 1 heterocycles. The Morgan fingerprint density at radius 2 is 0.854 bits per heavy atom. The van der Waals surface area contributed by atoms with Crippen molar-refractivity contribution in [3.63, 3.8) is 0 Å². The van der Waals surface area contributed by atoms with E-state index in [0.29, 0.717) is 0 Å². The van der Waals surface area contributed by atoms with E-state index in [1.54, 1.807) is 24.3 Å². The quantitative estimate of drug-likeness (QED) is 0.0925. The Morgan fingerprint density at radius 3 is 1.24 bits per heavy atom. The summed E-state index contributed by atoms with van der Waals surface area (Å²) in [6.45, 7) is 4.38. The molecule has 6 nitrogen and oxygen atoms in total. The van der Waals surface area contributed by atoms with Crippen molar-refractivity contribution in [3.05, 3.63) is 70.4 Å². The summed E-state index contributed by atoms with van der Waals surface area (Å²) in [5.74, 6) is -0.317. The predicted octanol–water partition coefficient (Wildman–Crippen LogP) is 9.09. The third-order valence-electron chi connectivity index (χ3n) is 7.05. The summed E-state index contributed by atoms with van der Waals surface area (Å²) in [5, 5.41) is 2.83. The van der Waals surface area contributed by atoms with Crippen molar-refractivity contribution in [3.8, 4) is 11.5 Å². The average Bonchev–Trinajstić information content (AvgIpc) is 3.38. The maximum absolute atomic E-state index is 12.9. The number of benzene rings is 2. The topological polar surface area (TPSA) is 86.7 Å². The molecule has 0 radical (unpaired) electrons. The predicted molar refractivity (Wildman–Crippen MR) is 167 cm³/mol. The first-order valence-corrected chi connectivity index (χ1v) is 18.6.